The Bertz CT molecular complexity index is 1460. The van der Waals surface area contributed by atoms with Crippen molar-refractivity contribution in [3.63, 3.8) is 0 Å². The maximum atomic E-state index is 13.2. The van der Waals surface area contributed by atoms with Gasteiger partial charge in [0.1, 0.15) is 5.57 Å². The molecule has 8 nitrogen and oxygen atoms in total. The van der Waals surface area contributed by atoms with Crippen LogP contribution in [0.3, 0.4) is 0 Å². The molecule has 1 aliphatic heterocycles. The van der Waals surface area contributed by atoms with Crippen molar-refractivity contribution in [3.05, 3.63) is 86.7 Å². The van der Waals surface area contributed by atoms with Crippen LogP contribution in [0.15, 0.2) is 54.1 Å². The number of hydrogen-bond acceptors (Lipinski definition) is 5. The fraction of sp³-hybridized carbons (Fsp3) is 0.154. The quantitative estimate of drug-likeness (QED) is 0.279. The summed E-state index contributed by atoms with van der Waals surface area (Å²) in [5.74, 6) is -2.03. The Kier molecular flexibility index (Phi) is 7.01. The molecule has 0 atom stereocenters. The van der Waals surface area contributed by atoms with Gasteiger partial charge in [0.25, 0.3) is 11.8 Å². The summed E-state index contributed by atoms with van der Waals surface area (Å²) in [4.78, 5) is 51.4. The molecule has 0 saturated carbocycles. The highest BCUT2D eigenvalue weighted by Gasteiger charge is 2.37. The molecule has 184 valence electrons. The number of amides is 4. The van der Waals surface area contributed by atoms with Gasteiger partial charge in [0.2, 0.25) is 0 Å². The summed E-state index contributed by atoms with van der Waals surface area (Å²) in [6.07, 6.45) is 1.43. The van der Waals surface area contributed by atoms with Gasteiger partial charge in [0.05, 0.1) is 27.9 Å². The number of benzene rings is 2. The Morgan fingerprint density at radius 1 is 1.00 bits per heavy atom. The van der Waals surface area contributed by atoms with Crippen LogP contribution in [0.1, 0.15) is 34.2 Å². The fourth-order valence-corrected chi connectivity index (χ4v) is 4.28. The van der Waals surface area contributed by atoms with Crippen LogP contribution in [0.4, 0.5) is 10.5 Å². The number of nitrogens with zero attached hydrogens (tertiary/aromatic N) is 2. The van der Waals surface area contributed by atoms with Crippen LogP contribution >= 0.6 is 23.2 Å². The van der Waals surface area contributed by atoms with E-state index >= 15 is 0 Å². The summed E-state index contributed by atoms with van der Waals surface area (Å²) < 4.78 is 6.98. The van der Waals surface area contributed by atoms with Crippen molar-refractivity contribution in [2.24, 2.45) is 0 Å². The van der Waals surface area contributed by atoms with E-state index in [0.29, 0.717) is 16.8 Å². The van der Waals surface area contributed by atoms with E-state index in [2.05, 4.69) is 5.32 Å². The Balaban J connectivity index is 1.74. The Labute approximate surface area is 217 Å². The normalized spacial score (nSPS) is 14.9. The number of aromatic nitrogens is 1. The molecule has 2 heterocycles. The number of anilines is 1. The molecule has 1 fully saturated rings. The fourth-order valence-electron chi connectivity index (χ4n) is 3.99. The summed E-state index contributed by atoms with van der Waals surface area (Å²) in [7, 11) is 0. The summed E-state index contributed by atoms with van der Waals surface area (Å²) in [5, 5.41) is 2.61. The van der Waals surface area contributed by atoms with Crippen molar-refractivity contribution in [2.75, 3.05) is 11.5 Å². The molecular weight excluding hydrogens is 505 g/mol. The summed E-state index contributed by atoms with van der Waals surface area (Å²) in [5.41, 5.74) is 3.19. The van der Waals surface area contributed by atoms with E-state index in [9.17, 15) is 19.2 Å². The van der Waals surface area contributed by atoms with Gasteiger partial charge in [0, 0.05) is 17.1 Å². The molecule has 2 aromatic carbocycles. The van der Waals surface area contributed by atoms with E-state index in [4.69, 9.17) is 27.9 Å². The monoisotopic (exact) mass is 525 g/mol. The Hall–Kier alpha value is -3.88. The molecule has 4 amide bonds. The molecule has 36 heavy (non-hydrogen) atoms. The smallest absolute Gasteiger partial charge is 0.338 e. The molecule has 0 aliphatic carbocycles. The predicted octanol–water partition coefficient (Wildman–Crippen LogP) is 5.24. The minimum absolute atomic E-state index is 0.158. The third-order valence-corrected chi connectivity index (χ3v) is 6.39. The number of nitrogens with one attached hydrogen (secondary N) is 1. The van der Waals surface area contributed by atoms with Crippen LogP contribution in [0, 0.1) is 13.8 Å². The van der Waals surface area contributed by atoms with Crippen LogP contribution in [-0.2, 0) is 14.3 Å². The van der Waals surface area contributed by atoms with Crippen molar-refractivity contribution >= 4 is 58.8 Å². The Morgan fingerprint density at radius 2 is 1.75 bits per heavy atom. The molecule has 1 aromatic heterocycles. The van der Waals surface area contributed by atoms with Crippen LogP contribution in [-0.4, -0.2) is 35.0 Å². The topological polar surface area (TPSA) is 97.7 Å². The van der Waals surface area contributed by atoms with Crippen molar-refractivity contribution in [3.8, 4) is 5.69 Å². The standard InChI is InChI=1S/C26H21Cl2N3O5/c1-4-36-25(34)16-6-5-7-18(11-16)30-14(2)10-17(15(30)3)12-20-23(32)29-26(35)31(24(20)33)19-8-9-21(27)22(28)13-19/h5-13H,4H2,1-3H3,(H,29,32,35)/b20-12+. The lowest BCUT2D eigenvalue weighted by molar-refractivity contribution is -0.122. The summed E-state index contributed by atoms with van der Waals surface area (Å²) >= 11 is 12.0. The van der Waals surface area contributed by atoms with Gasteiger partial charge in [-0.05, 0) is 74.9 Å². The number of urea groups is 1. The van der Waals surface area contributed by atoms with Crippen LogP contribution in [0.25, 0.3) is 11.8 Å². The van der Waals surface area contributed by atoms with Gasteiger partial charge < -0.3 is 9.30 Å². The van der Waals surface area contributed by atoms with Crippen molar-refractivity contribution in [1.29, 1.82) is 0 Å². The minimum Gasteiger partial charge on any atom is -0.462 e. The van der Waals surface area contributed by atoms with Crippen LogP contribution in [0.5, 0.6) is 0 Å². The van der Waals surface area contributed by atoms with E-state index in [1.165, 1.54) is 24.3 Å². The molecule has 10 heteroatoms. The highest BCUT2D eigenvalue weighted by atomic mass is 35.5. The van der Waals surface area contributed by atoms with Crippen LogP contribution in [0.2, 0.25) is 10.0 Å². The molecule has 0 spiro atoms. The highest BCUT2D eigenvalue weighted by Crippen LogP contribution is 2.30. The predicted molar refractivity (Wildman–Crippen MR) is 137 cm³/mol. The zero-order chi connectivity index (χ0) is 26.1. The first kappa shape index (κ1) is 25.2. The molecule has 0 radical (unpaired) electrons. The van der Waals surface area contributed by atoms with Gasteiger partial charge in [-0.15, -0.1) is 0 Å². The molecule has 4 rings (SSSR count). The van der Waals surface area contributed by atoms with Gasteiger partial charge >= 0.3 is 12.0 Å². The number of rotatable bonds is 5. The van der Waals surface area contributed by atoms with E-state index in [-0.39, 0.29) is 27.9 Å². The van der Waals surface area contributed by atoms with E-state index in [0.717, 1.165) is 16.3 Å². The zero-order valence-corrected chi connectivity index (χ0v) is 21.1. The number of aryl methyl sites for hydroxylation is 1. The molecule has 1 N–H and O–H groups in total. The SMILES string of the molecule is CCOC(=O)c1cccc(-n2c(C)cc(/C=C3\C(=O)NC(=O)N(c4ccc(Cl)c(Cl)c4)C3=O)c2C)c1. The zero-order valence-electron chi connectivity index (χ0n) is 19.6. The molecule has 1 saturated heterocycles. The first-order chi connectivity index (χ1) is 17.1. The molecule has 0 bridgehead atoms. The largest absolute Gasteiger partial charge is 0.462 e. The second-order valence-electron chi connectivity index (χ2n) is 7.99. The van der Waals surface area contributed by atoms with Gasteiger partial charge in [-0.25, -0.2) is 14.5 Å². The highest BCUT2D eigenvalue weighted by molar-refractivity contribution is 6.43. The number of barbiturate groups is 1. The number of hydrogen-bond donors (Lipinski definition) is 1. The summed E-state index contributed by atoms with van der Waals surface area (Å²) in [6.45, 7) is 5.69. The van der Waals surface area contributed by atoms with Gasteiger partial charge in [-0.2, -0.15) is 0 Å². The Morgan fingerprint density at radius 3 is 2.44 bits per heavy atom. The third kappa shape index (κ3) is 4.65. The second-order valence-corrected chi connectivity index (χ2v) is 8.80. The number of halogens is 2. The summed E-state index contributed by atoms with van der Waals surface area (Å²) in [6, 6.07) is 12.2. The lowest BCUT2D eigenvalue weighted by atomic mass is 10.1. The van der Waals surface area contributed by atoms with E-state index in [1.807, 2.05) is 24.5 Å². The molecule has 1 aliphatic rings. The van der Waals surface area contributed by atoms with Crippen molar-refractivity contribution in [2.45, 2.75) is 20.8 Å². The maximum Gasteiger partial charge on any atom is 0.338 e. The first-order valence-corrected chi connectivity index (χ1v) is 11.7. The van der Waals surface area contributed by atoms with Crippen LogP contribution < -0.4 is 10.2 Å². The minimum atomic E-state index is -0.887. The molecule has 0 unspecified atom stereocenters. The lowest BCUT2D eigenvalue weighted by Gasteiger charge is -2.26. The average Bonchev–Trinajstić information content (AvgIpc) is 3.11. The first-order valence-electron chi connectivity index (χ1n) is 11.0. The van der Waals surface area contributed by atoms with Crippen molar-refractivity contribution < 1.29 is 23.9 Å². The van der Waals surface area contributed by atoms with E-state index in [1.54, 1.807) is 31.2 Å². The number of ether oxygens (including phenoxy) is 1. The molecular formula is C26H21Cl2N3O5. The average molecular weight is 526 g/mol. The van der Waals surface area contributed by atoms with Gasteiger partial charge in [-0.3, -0.25) is 14.9 Å². The van der Waals surface area contributed by atoms with Gasteiger partial charge in [0.15, 0.2) is 0 Å². The van der Waals surface area contributed by atoms with Gasteiger partial charge in [-0.1, -0.05) is 29.3 Å². The number of imide groups is 2. The van der Waals surface area contributed by atoms with E-state index < -0.39 is 23.8 Å². The molecule has 3 aromatic rings. The second kappa shape index (κ2) is 10.0. The number of carbonyl (C=O) groups is 4. The third-order valence-electron chi connectivity index (χ3n) is 5.65. The lowest BCUT2D eigenvalue weighted by Crippen LogP contribution is -2.54. The number of carbonyl (C=O) groups excluding carboxylic acids is 4. The maximum absolute atomic E-state index is 13.2. The van der Waals surface area contributed by atoms with Crippen molar-refractivity contribution in [1.82, 2.24) is 9.88 Å². The number of esters is 1.